The molecule has 1 atom stereocenters. The molecule has 1 aromatic heterocycles. The average Bonchev–Trinajstić information content (AvgIpc) is 2.55. The number of nitrogens with two attached hydrogens (primary N) is 1. The Balaban J connectivity index is 2.15. The number of hydrogen-bond donors (Lipinski definition) is 1. The molecule has 3 nitrogen and oxygen atoms in total. The van der Waals surface area contributed by atoms with Crippen molar-refractivity contribution in [1.29, 1.82) is 0 Å². The van der Waals surface area contributed by atoms with Gasteiger partial charge in [-0.05, 0) is 37.3 Å². The van der Waals surface area contributed by atoms with Crippen LogP contribution in [0, 0.1) is 5.92 Å². The standard InChI is InChI=1S/C13H20ClN3/c1-10-3-2-7-17(8-6-10)13-5-4-11(14)12(9-15)16-13/h4-5,10H,2-3,6-9,15H2,1H3. The van der Waals surface area contributed by atoms with E-state index in [1.165, 1.54) is 19.3 Å². The second kappa shape index (κ2) is 5.69. The van der Waals surface area contributed by atoms with Crippen LogP contribution in [-0.4, -0.2) is 18.1 Å². The number of rotatable bonds is 2. The third-order valence-corrected chi connectivity index (χ3v) is 3.78. The van der Waals surface area contributed by atoms with E-state index in [2.05, 4.69) is 16.8 Å². The molecule has 1 aromatic rings. The van der Waals surface area contributed by atoms with Crippen LogP contribution in [0.25, 0.3) is 0 Å². The molecule has 1 aliphatic rings. The Bertz CT molecular complexity index is 381. The predicted molar refractivity (Wildman–Crippen MR) is 72.4 cm³/mol. The minimum atomic E-state index is 0.400. The highest BCUT2D eigenvalue weighted by Gasteiger charge is 2.15. The zero-order valence-corrected chi connectivity index (χ0v) is 11.1. The van der Waals surface area contributed by atoms with E-state index in [-0.39, 0.29) is 0 Å². The maximum atomic E-state index is 6.03. The molecule has 1 aliphatic heterocycles. The molecule has 94 valence electrons. The molecule has 0 spiro atoms. The Hall–Kier alpha value is -0.800. The number of pyridine rings is 1. The summed E-state index contributed by atoms with van der Waals surface area (Å²) in [5, 5.41) is 0.666. The fourth-order valence-corrected chi connectivity index (χ4v) is 2.47. The van der Waals surface area contributed by atoms with Gasteiger partial charge in [0.15, 0.2) is 0 Å². The van der Waals surface area contributed by atoms with Gasteiger partial charge in [-0.2, -0.15) is 0 Å². The highest BCUT2D eigenvalue weighted by atomic mass is 35.5. The van der Waals surface area contributed by atoms with Crippen LogP contribution in [0.4, 0.5) is 5.82 Å². The highest BCUT2D eigenvalue weighted by molar-refractivity contribution is 6.31. The van der Waals surface area contributed by atoms with E-state index >= 15 is 0 Å². The minimum absolute atomic E-state index is 0.400. The fraction of sp³-hybridized carbons (Fsp3) is 0.615. The number of nitrogens with zero attached hydrogens (tertiary/aromatic N) is 2. The molecular formula is C13H20ClN3. The number of anilines is 1. The van der Waals surface area contributed by atoms with Gasteiger partial charge in [-0.15, -0.1) is 0 Å². The van der Waals surface area contributed by atoms with E-state index in [9.17, 15) is 0 Å². The van der Waals surface area contributed by atoms with Gasteiger partial charge in [-0.25, -0.2) is 4.98 Å². The summed E-state index contributed by atoms with van der Waals surface area (Å²) < 4.78 is 0. The third-order valence-electron chi connectivity index (χ3n) is 3.44. The first-order chi connectivity index (χ1) is 8.20. The topological polar surface area (TPSA) is 42.1 Å². The fourth-order valence-electron chi connectivity index (χ4n) is 2.28. The predicted octanol–water partition coefficient (Wildman–Crippen LogP) is 2.82. The van der Waals surface area contributed by atoms with Gasteiger partial charge in [0.25, 0.3) is 0 Å². The first kappa shape index (κ1) is 12.7. The van der Waals surface area contributed by atoms with E-state index < -0.39 is 0 Å². The van der Waals surface area contributed by atoms with Crippen LogP contribution >= 0.6 is 11.6 Å². The molecule has 2 N–H and O–H groups in total. The van der Waals surface area contributed by atoms with Crippen molar-refractivity contribution < 1.29 is 0 Å². The van der Waals surface area contributed by atoms with Crippen LogP contribution in [-0.2, 0) is 6.54 Å². The molecule has 0 bridgehead atoms. The highest BCUT2D eigenvalue weighted by Crippen LogP contribution is 2.23. The largest absolute Gasteiger partial charge is 0.357 e. The Morgan fingerprint density at radius 1 is 1.41 bits per heavy atom. The summed E-state index contributed by atoms with van der Waals surface area (Å²) in [7, 11) is 0. The maximum absolute atomic E-state index is 6.03. The maximum Gasteiger partial charge on any atom is 0.128 e. The average molecular weight is 254 g/mol. The van der Waals surface area contributed by atoms with E-state index in [0.717, 1.165) is 30.5 Å². The molecule has 0 saturated carbocycles. The summed E-state index contributed by atoms with van der Waals surface area (Å²) in [6.07, 6.45) is 3.79. The first-order valence-electron chi connectivity index (χ1n) is 6.31. The van der Waals surface area contributed by atoms with Gasteiger partial charge in [0, 0.05) is 19.6 Å². The van der Waals surface area contributed by atoms with Crippen molar-refractivity contribution >= 4 is 17.4 Å². The lowest BCUT2D eigenvalue weighted by molar-refractivity contribution is 0.521. The summed E-state index contributed by atoms with van der Waals surface area (Å²) >= 11 is 6.03. The molecule has 0 aromatic carbocycles. The molecule has 1 saturated heterocycles. The number of aromatic nitrogens is 1. The van der Waals surface area contributed by atoms with Gasteiger partial charge >= 0.3 is 0 Å². The molecule has 0 radical (unpaired) electrons. The molecule has 17 heavy (non-hydrogen) atoms. The third kappa shape index (κ3) is 3.11. The number of hydrogen-bond acceptors (Lipinski definition) is 3. The Morgan fingerprint density at radius 2 is 2.24 bits per heavy atom. The van der Waals surface area contributed by atoms with E-state index in [1.54, 1.807) is 0 Å². The zero-order valence-electron chi connectivity index (χ0n) is 10.3. The van der Waals surface area contributed by atoms with E-state index in [4.69, 9.17) is 17.3 Å². The molecule has 1 fully saturated rings. The van der Waals surface area contributed by atoms with E-state index in [1.807, 2.05) is 12.1 Å². The van der Waals surface area contributed by atoms with Crippen LogP contribution < -0.4 is 10.6 Å². The lowest BCUT2D eigenvalue weighted by Crippen LogP contribution is -2.25. The van der Waals surface area contributed by atoms with Crippen molar-refractivity contribution in [1.82, 2.24) is 4.98 Å². The Morgan fingerprint density at radius 3 is 3.00 bits per heavy atom. The minimum Gasteiger partial charge on any atom is -0.357 e. The smallest absolute Gasteiger partial charge is 0.128 e. The monoisotopic (exact) mass is 253 g/mol. The van der Waals surface area contributed by atoms with Crippen molar-refractivity contribution in [2.24, 2.45) is 11.7 Å². The molecule has 0 amide bonds. The van der Waals surface area contributed by atoms with Crippen molar-refractivity contribution in [3.8, 4) is 0 Å². The summed E-state index contributed by atoms with van der Waals surface area (Å²) in [5.74, 6) is 1.84. The van der Waals surface area contributed by atoms with Crippen LogP contribution in [0.2, 0.25) is 5.02 Å². The van der Waals surface area contributed by atoms with Crippen LogP contribution in [0.1, 0.15) is 31.9 Å². The van der Waals surface area contributed by atoms with Crippen molar-refractivity contribution in [3.05, 3.63) is 22.8 Å². The molecule has 4 heteroatoms. The molecule has 2 heterocycles. The van der Waals surface area contributed by atoms with Gasteiger partial charge in [0.2, 0.25) is 0 Å². The second-order valence-corrected chi connectivity index (χ2v) is 5.23. The Kier molecular flexibility index (Phi) is 4.24. The summed E-state index contributed by atoms with van der Waals surface area (Å²) in [6, 6.07) is 3.90. The number of halogens is 1. The Labute approximate surface area is 108 Å². The normalized spacial score (nSPS) is 21.4. The second-order valence-electron chi connectivity index (χ2n) is 4.83. The van der Waals surface area contributed by atoms with Gasteiger partial charge in [-0.3, -0.25) is 0 Å². The van der Waals surface area contributed by atoms with Crippen LogP contribution in [0.3, 0.4) is 0 Å². The summed E-state index contributed by atoms with van der Waals surface area (Å²) in [6.45, 7) is 4.89. The van der Waals surface area contributed by atoms with Gasteiger partial charge in [0.1, 0.15) is 5.82 Å². The lowest BCUT2D eigenvalue weighted by atomic mass is 10.0. The van der Waals surface area contributed by atoms with E-state index in [0.29, 0.717) is 11.6 Å². The zero-order chi connectivity index (χ0) is 12.3. The van der Waals surface area contributed by atoms with Crippen molar-refractivity contribution in [2.45, 2.75) is 32.7 Å². The lowest BCUT2D eigenvalue weighted by Gasteiger charge is -2.22. The molecular weight excluding hydrogens is 234 g/mol. The van der Waals surface area contributed by atoms with Crippen LogP contribution in [0.15, 0.2) is 12.1 Å². The van der Waals surface area contributed by atoms with Gasteiger partial charge < -0.3 is 10.6 Å². The first-order valence-corrected chi connectivity index (χ1v) is 6.69. The SMILES string of the molecule is CC1CCCN(c2ccc(Cl)c(CN)n2)CC1. The molecule has 0 aliphatic carbocycles. The van der Waals surface area contributed by atoms with Gasteiger partial charge in [-0.1, -0.05) is 18.5 Å². The summed E-state index contributed by atoms with van der Waals surface area (Å²) in [4.78, 5) is 6.90. The summed E-state index contributed by atoms with van der Waals surface area (Å²) in [5.41, 5.74) is 6.43. The van der Waals surface area contributed by atoms with Crippen molar-refractivity contribution in [3.63, 3.8) is 0 Å². The quantitative estimate of drug-likeness (QED) is 0.881. The molecule has 1 unspecified atom stereocenters. The van der Waals surface area contributed by atoms with Crippen molar-refractivity contribution in [2.75, 3.05) is 18.0 Å². The molecule has 2 rings (SSSR count). The van der Waals surface area contributed by atoms with Crippen LogP contribution in [0.5, 0.6) is 0 Å². The van der Waals surface area contributed by atoms with Gasteiger partial charge in [0.05, 0.1) is 10.7 Å².